The highest BCUT2D eigenvalue weighted by Gasteiger charge is 2.12. The fraction of sp³-hybridized carbons (Fsp3) is 0.667. The van der Waals surface area contributed by atoms with Crippen molar-refractivity contribution >= 4 is 0 Å². The summed E-state index contributed by atoms with van der Waals surface area (Å²) in [4.78, 5) is 8.75. The van der Waals surface area contributed by atoms with Crippen LogP contribution in [0.15, 0.2) is 12.3 Å². The highest BCUT2D eigenvalue weighted by molar-refractivity contribution is 5.05. The van der Waals surface area contributed by atoms with Crippen LogP contribution in [0.5, 0.6) is 0 Å². The summed E-state index contributed by atoms with van der Waals surface area (Å²) in [6.07, 6.45) is 3.44. The van der Waals surface area contributed by atoms with Gasteiger partial charge in [-0.1, -0.05) is 6.92 Å². The summed E-state index contributed by atoms with van der Waals surface area (Å²) in [5.41, 5.74) is 6.73. The fourth-order valence-electron chi connectivity index (χ4n) is 1.59. The molecule has 2 N–H and O–H groups in total. The van der Waals surface area contributed by atoms with Gasteiger partial charge in [0.15, 0.2) is 5.82 Å². The van der Waals surface area contributed by atoms with Crippen molar-refractivity contribution in [3.8, 4) is 0 Å². The second kappa shape index (κ2) is 6.55. The zero-order valence-corrected chi connectivity index (χ0v) is 10.3. The van der Waals surface area contributed by atoms with E-state index in [0.29, 0.717) is 6.61 Å². The maximum atomic E-state index is 5.75. The Bertz CT molecular complexity index is 315. The van der Waals surface area contributed by atoms with Crippen LogP contribution in [0.1, 0.15) is 44.8 Å². The van der Waals surface area contributed by atoms with E-state index in [2.05, 4.69) is 16.9 Å². The molecule has 0 aliphatic heterocycles. The molecule has 4 nitrogen and oxygen atoms in total. The van der Waals surface area contributed by atoms with Crippen LogP contribution in [0, 0.1) is 0 Å². The Kier molecular flexibility index (Phi) is 5.35. The van der Waals surface area contributed by atoms with Crippen LogP contribution in [0.25, 0.3) is 0 Å². The molecule has 0 spiro atoms. The number of hydrogen-bond acceptors (Lipinski definition) is 4. The van der Waals surface area contributed by atoms with Crippen LogP contribution in [-0.2, 0) is 11.2 Å². The molecule has 0 bridgehead atoms. The first-order chi connectivity index (χ1) is 7.67. The third kappa shape index (κ3) is 3.87. The highest BCUT2D eigenvalue weighted by atomic mass is 16.5. The van der Waals surface area contributed by atoms with Crippen LogP contribution >= 0.6 is 0 Å². The molecule has 90 valence electrons. The summed E-state index contributed by atoms with van der Waals surface area (Å²) in [7, 11) is 0. The van der Waals surface area contributed by atoms with Gasteiger partial charge < -0.3 is 10.5 Å². The van der Waals surface area contributed by atoms with E-state index >= 15 is 0 Å². The number of aromatic nitrogens is 2. The van der Waals surface area contributed by atoms with Crippen molar-refractivity contribution in [3.63, 3.8) is 0 Å². The second-order valence-electron chi connectivity index (χ2n) is 3.94. The standard InChI is InChI=1S/C12H21N3O/c1-4-11(16-5-2)12-14-7-6-10(15-12)8-9(3)13/h6-7,9,11H,4-5,8,13H2,1-3H3. The Hall–Kier alpha value is -1.00. The second-order valence-corrected chi connectivity index (χ2v) is 3.94. The van der Waals surface area contributed by atoms with Crippen LogP contribution < -0.4 is 5.73 Å². The molecule has 0 amide bonds. The molecule has 1 aromatic heterocycles. The van der Waals surface area contributed by atoms with Gasteiger partial charge >= 0.3 is 0 Å². The summed E-state index contributed by atoms with van der Waals surface area (Å²) in [5.74, 6) is 0.766. The smallest absolute Gasteiger partial charge is 0.157 e. The lowest BCUT2D eigenvalue weighted by molar-refractivity contribution is 0.0533. The molecule has 0 aliphatic carbocycles. The Morgan fingerprint density at radius 2 is 2.19 bits per heavy atom. The summed E-state index contributed by atoms with van der Waals surface area (Å²) in [6.45, 7) is 6.71. The molecule has 1 aromatic rings. The number of rotatable bonds is 6. The topological polar surface area (TPSA) is 61.0 Å². The minimum atomic E-state index is -0.00182. The lowest BCUT2D eigenvalue weighted by Crippen LogP contribution is -2.19. The van der Waals surface area contributed by atoms with Gasteiger partial charge in [-0.15, -0.1) is 0 Å². The maximum absolute atomic E-state index is 5.75. The van der Waals surface area contributed by atoms with Gasteiger partial charge in [-0.3, -0.25) is 0 Å². The predicted molar refractivity (Wildman–Crippen MR) is 64.0 cm³/mol. The van der Waals surface area contributed by atoms with Crippen molar-refractivity contribution < 1.29 is 4.74 Å². The minimum Gasteiger partial charge on any atom is -0.371 e. The Morgan fingerprint density at radius 3 is 2.75 bits per heavy atom. The van der Waals surface area contributed by atoms with Gasteiger partial charge in [0.2, 0.25) is 0 Å². The van der Waals surface area contributed by atoms with Crippen LogP contribution in [0.4, 0.5) is 0 Å². The van der Waals surface area contributed by atoms with Crippen LogP contribution in [0.2, 0.25) is 0 Å². The van der Waals surface area contributed by atoms with Gasteiger partial charge in [-0.05, 0) is 26.3 Å². The Labute approximate surface area is 97.2 Å². The molecule has 0 fully saturated rings. The van der Waals surface area contributed by atoms with Gasteiger partial charge in [0, 0.05) is 31.0 Å². The molecule has 0 aliphatic rings. The first kappa shape index (κ1) is 13.1. The maximum Gasteiger partial charge on any atom is 0.157 e. The summed E-state index contributed by atoms with van der Waals surface area (Å²) >= 11 is 0. The SMILES string of the molecule is CCOC(CC)c1nccc(CC(C)N)n1. The number of hydrogen-bond donors (Lipinski definition) is 1. The zero-order valence-electron chi connectivity index (χ0n) is 10.3. The minimum absolute atomic E-state index is 0.00182. The molecule has 0 saturated heterocycles. The lowest BCUT2D eigenvalue weighted by Gasteiger charge is -2.14. The molecule has 2 atom stereocenters. The normalized spacial score (nSPS) is 14.8. The van der Waals surface area contributed by atoms with Crippen molar-refractivity contribution in [1.29, 1.82) is 0 Å². The van der Waals surface area contributed by atoms with Gasteiger partial charge in [-0.25, -0.2) is 9.97 Å². The molecule has 4 heteroatoms. The van der Waals surface area contributed by atoms with E-state index in [-0.39, 0.29) is 12.1 Å². The van der Waals surface area contributed by atoms with Gasteiger partial charge in [0.25, 0.3) is 0 Å². The monoisotopic (exact) mass is 223 g/mol. The van der Waals surface area contributed by atoms with Gasteiger partial charge in [0.05, 0.1) is 0 Å². The largest absolute Gasteiger partial charge is 0.371 e. The Morgan fingerprint density at radius 1 is 1.44 bits per heavy atom. The average Bonchev–Trinajstić information content (AvgIpc) is 2.25. The van der Waals surface area contributed by atoms with E-state index in [1.807, 2.05) is 19.9 Å². The van der Waals surface area contributed by atoms with Crippen LogP contribution in [-0.4, -0.2) is 22.6 Å². The van der Waals surface area contributed by atoms with Gasteiger partial charge in [0.1, 0.15) is 6.10 Å². The molecule has 0 saturated carbocycles. The summed E-state index contributed by atoms with van der Waals surface area (Å²) in [6, 6.07) is 2.03. The fourth-order valence-corrected chi connectivity index (χ4v) is 1.59. The van der Waals surface area contributed by atoms with E-state index in [9.17, 15) is 0 Å². The van der Waals surface area contributed by atoms with Crippen molar-refractivity contribution in [1.82, 2.24) is 9.97 Å². The van der Waals surface area contributed by atoms with E-state index in [1.54, 1.807) is 6.20 Å². The molecule has 1 heterocycles. The zero-order chi connectivity index (χ0) is 12.0. The third-order valence-electron chi connectivity index (χ3n) is 2.29. The van der Waals surface area contributed by atoms with Gasteiger partial charge in [-0.2, -0.15) is 0 Å². The molecule has 1 rings (SSSR count). The van der Waals surface area contributed by atoms with E-state index in [4.69, 9.17) is 10.5 Å². The lowest BCUT2D eigenvalue weighted by atomic mass is 10.2. The molecule has 0 aromatic carbocycles. The number of nitrogens with two attached hydrogens (primary N) is 1. The van der Waals surface area contributed by atoms with Crippen molar-refractivity contribution in [2.45, 2.75) is 45.8 Å². The molecule has 0 radical (unpaired) electrons. The highest BCUT2D eigenvalue weighted by Crippen LogP contribution is 2.16. The first-order valence-electron chi connectivity index (χ1n) is 5.86. The van der Waals surface area contributed by atoms with Crippen molar-refractivity contribution in [3.05, 3.63) is 23.8 Å². The predicted octanol–water partition coefficient (Wildman–Crippen LogP) is 1.85. The average molecular weight is 223 g/mol. The molecular formula is C12H21N3O. The molecule has 2 unspecified atom stereocenters. The van der Waals surface area contributed by atoms with E-state index in [1.165, 1.54) is 0 Å². The molecular weight excluding hydrogens is 202 g/mol. The van der Waals surface area contributed by atoms with Crippen LogP contribution in [0.3, 0.4) is 0 Å². The quantitative estimate of drug-likeness (QED) is 0.799. The van der Waals surface area contributed by atoms with Crippen molar-refractivity contribution in [2.24, 2.45) is 5.73 Å². The number of nitrogens with zero attached hydrogens (tertiary/aromatic N) is 2. The molecule has 16 heavy (non-hydrogen) atoms. The Balaban J connectivity index is 2.79. The van der Waals surface area contributed by atoms with E-state index in [0.717, 1.165) is 24.4 Å². The van der Waals surface area contributed by atoms with Crippen molar-refractivity contribution in [2.75, 3.05) is 6.61 Å². The number of ether oxygens (including phenoxy) is 1. The first-order valence-corrected chi connectivity index (χ1v) is 5.86. The van der Waals surface area contributed by atoms with E-state index < -0.39 is 0 Å². The summed E-state index contributed by atoms with van der Waals surface area (Å²) < 4.78 is 5.58. The third-order valence-corrected chi connectivity index (χ3v) is 2.29. The summed E-state index contributed by atoms with van der Waals surface area (Å²) in [5, 5.41) is 0.